The molecule has 2 aliphatic rings. The molecule has 0 spiro atoms. The Hall–Kier alpha value is 0.230. The summed E-state index contributed by atoms with van der Waals surface area (Å²) in [7, 11) is 0. The topological polar surface area (TPSA) is 21.7 Å². The lowest BCUT2D eigenvalue weighted by Crippen LogP contribution is -2.37. The van der Waals surface area contributed by atoms with E-state index in [2.05, 4.69) is 23.6 Å². The van der Waals surface area contributed by atoms with Gasteiger partial charge in [0, 0.05) is 37.2 Å². The van der Waals surface area contributed by atoms with E-state index in [9.17, 15) is 0 Å². The molecule has 2 rings (SSSR count). The zero-order valence-electron chi connectivity index (χ0n) is 10.9. The van der Waals surface area contributed by atoms with E-state index in [1.54, 1.807) is 0 Å². The smallest absolute Gasteiger partial charge is 0.157 e. The molecule has 17 heavy (non-hydrogen) atoms. The first-order chi connectivity index (χ1) is 8.34. The van der Waals surface area contributed by atoms with Crippen LogP contribution in [0.2, 0.25) is 0 Å². The van der Waals surface area contributed by atoms with Crippen molar-refractivity contribution in [3.8, 4) is 0 Å². The van der Waals surface area contributed by atoms with Crippen molar-refractivity contribution in [1.82, 2.24) is 4.90 Å². The molecule has 2 atom stereocenters. The first-order valence-corrected chi connectivity index (χ1v) is 7.96. The predicted molar refractivity (Wildman–Crippen MR) is 72.5 cm³/mol. The molecular formula is C13H25NO2S. The molecule has 0 radical (unpaired) electrons. The third-order valence-electron chi connectivity index (χ3n) is 3.39. The molecule has 2 heterocycles. The SMILES string of the molecule is C[C@@H]1CN(CCCO[C@H]2CCCCO2)CCS1. The van der Waals surface area contributed by atoms with Gasteiger partial charge in [0.2, 0.25) is 0 Å². The number of rotatable bonds is 5. The van der Waals surface area contributed by atoms with Crippen LogP contribution < -0.4 is 0 Å². The summed E-state index contributed by atoms with van der Waals surface area (Å²) >= 11 is 2.09. The summed E-state index contributed by atoms with van der Waals surface area (Å²) in [6.07, 6.45) is 4.75. The summed E-state index contributed by atoms with van der Waals surface area (Å²) in [6, 6.07) is 0. The fraction of sp³-hybridized carbons (Fsp3) is 1.00. The second-order valence-corrected chi connectivity index (χ2v) is 6.55. The van der Waals surface area contributed by atoms with Crippen LogP contribution in [0.1, 0.15) is 32.6 Å². The lowest BCUT2D eigenvalue weighted by molar-refractivity contribution is -0.163. The van der Waals surface area contributed by atoms with Crippen LogP contribution >= 0.6 is 11.8 Å². The van der Waals surface area contributed by atoms with Crippen LogP contribution in [0.4, 0.5) is 0 Å². The van der Waals surface area contributed by atoms with Gasteiger partial charge >= 0.3 is 0 Å². The molecular weight excluding hydrogens is 234 g/mol. The van der Waals surface area contributed by atoms with Gasteiger partial charge in [-0.2, -0.15) is 11.8 Å². The molecule has 4 heteroatoms. The van der Waals surface area contributed by atoms with Crippen molar-refractivity contribution in [2.75, 3.05) is 38.6 Å². The van der Waals surface area contributed by atoms with Crippen molar-refractivity contribution in [3.05, 3.63) is 0 Å². The standard InChI is InChI=1S/C13H25NO2S/c1-12-11-14(7-10-17-12)6-4-9-16-13-5-2-3-8-15-13/h12-13H,2-11H2,1H3/t12-,13+/m1/s1. The van der Waals surface area contributed by atoms with Gasteiger partial charge in [-0.1, -0.05) is 6.92 Å². The minimum absolute atomic E-state index is 0.0829. The van der Waals surface area contributed by atoms with Crippen LogP contribution in [0, 0.1) is 0 Å². The normalized spacial score (nSPS) is 31.6. The number of hydrogen-bond acceptors (Lipinski definition) is 4. The van der Waals surface area contributed by atoms with Gasteiger partial charge in [-0.05, 0) is 25.7 Å². The van der Waals surface area contributed by atoms with E-state index in [-0.39, 0.29) is 6.29 Å². The van der Waals surface area contributed by atoms with Crippen LogP contribution in [0.25, 0.3) is 0 Å². The van der Waals surface area contributed by atoms with Crippen LogP contribution in [-0.2, 0) is 9.47 Å². The average molecular weight is 259 g/mol. The lowest BCUT2D eigenvalue weighted by Gasteiger charge is -2.30. The third kappa shape index (κ3) is 5.16. The number of thioether (sulfide) groups is 1. The first kappa shape index (κ1) is 13.7. The summed E-state index contributed by atoms with van der Waals surface area (Å²) in [6.45, 7) is 7.72. The van der Waals surface area contributed by atoms with Crippen LogP contribution in [-0.4, -0.2) is 55.0 Å². The largest absolute Gasteiger partial charge is 0.353 e. The second kappa shape index (κ2) is 7.62. The molecule has 0 unspecified atom stereocenters. The van der Waals surface area contributed by atoms with E-state index in [0.717, 1.165) is 31.3 Å². The molecule has 2 fully saturated rings. The van der Waals surface area contributed by atoms with Gasteiger partial charge in [-0.15, -0.1) is 0 Å². The number of nitrogens with zero attached hydrogens (tertiary/aromatic N) is 1. The molecule has 0 saturated carbocycles. The highest BCUT2D eigenvalue weighted by atomic mass is 32.2. The van der Waals surface area contributed by atoms with Crippen LogP contribution in [0.5, 0.6) is 0 Å². The van der Waals surface area contributed by atoms with Crippen molar-refractivity contribution in [1.29, 1.82) is 0 Å². The van der Waals surface area contributed by atoms with Gasteiger partial charge < -0.3 is 14.4 Å². The van der Waals surface area contributed by atoms with Crippen molar-refractivity contribution >= 4 is 11.8 Å². The molecule has 0 amide bonds. The Bertz CT molecular complexity index is 210. The highest BCUT2D eigenvalue weighted by Crippen LogP contribution is 2.18. The molecule has 0 aromatic carbocycles. The summed E-state index contributed by atoms with van der Waals surface area (Å²) < 4.78 is 11.3. The third-order valence-corrected chi connectivity index (χ3v) is 4.52. The second-order valence-electron chi connectivity index (χ2n) is 5.00. The summed E-state index contributed by atoms with van der Waals surface area (Å²) in [5.74, 6) is 1.29. The van der Waals surface area contributed by atoms with Crippen molar-refractivity contribution in [3.63, 3.8) is 0 Å². The highest BCUT2D eigenvalue weighted by Gasteiger charge is 2.17. The summed E-state index contributed by atoms with van der Waals surface area (Å²) in [5.41, 5.74) is 0. The molecule has 3 nitrogen and oxygen atoms in total. The van der Waals surface area contributed by atoms with E-state index in [0.29, 0.717) is 0 Å². The van der Waals surface area contributed by atoms with E-state index in [4.69, 9.17) is 9.47 Å². The van der Waals surface area contributed by atoms with Gasteiger partial charge in [0.05, 0.1) is 6.61 Å². The Labute approximate surface area is 109 Å². The predicted octanol–water partition coefficient (Wildman–Crippen LogP) is 2.36. The summed E-state index contributed by atoms with van der Waals surface area (Å²) in [4.78, 5) is 2.56. The molecule has 0 aromatic heterocycles. The van der Waals surface area contributed by atoms with Crippen molar-refractivity contribution in [2.24, 2.45) is 0 Å². The maximum atomic E-state index is 5.75. The fourth-order valence-electron chi connectivity index (χ4n) is 2.44. The van der Waals surface area contributed by atoms with E-state index in [1.165, 1.54) is 38.2 Å². The fourth-order valence-corrected chi connectivity index (χ4v) is 3.52. The summed E-state index contributed by atoms with van der Waals surface area (Å²) in [5, 5.41) is 0.798. The molecule has 2 saturated heterocycles. The molecule has 0 aliphatic carbocycles. The van der Waals surface area contributed by atoms with Crippen LogP contribution in [0.15, 0.2) is 0 Å². The zero-order valence-corrected chi connectivity index (χ0v) is 11.7. The van der Waals surface area contributed by atoms with Gasteiger partial charge in [0.1, 0.15) is 0 Å². The van der Waals surface area contributed by atoms with Gasteiger partial charge in [0.15, 0.2) is 6.29 Å². The van der Waals surface area contributed by atoms with Gasteiger partial charge in [0.25, 0.3) is 0 Å². The molecule has 0 aromatic rings. The number of ether oxygens (including phenoxy) is 2. The lowest BCUT2D eigenvalue weighted by atomic mass is 10.2. The Kier molecular flexibility index (Phi) is 6.12. The Balaban J connectivity index is 1.50. The van der Waals surface area contributed by atoms with Crippen molar-refractivity contribution in [2.45, 2.75) is 44.1 Å². The maximum absolute atomic E-state index is 5.75. The monoisotopic (exact) mass is 259 g/mol. The zero-order chi connectivity index (χ0) is 11.9. The van der Waals surface area contributed by atoms with E-state index in [1.807, 2.05) is 0 Å². The van der Waals surface area contributed by atoms with Gasteiger partial charge in [-0.3, -0.25) is 0 Å². The molecule has 2 aliphatic heterocycles. The molecule has 100 valence electrons. The minimum atomic E-state index is 0.0829. The Morgan fingerprint density at radius 2 is 2.35 bits per heavy atom. The highest BCUT2D eigenvalue weighted by molar-refractivity contribution is 7.99. The average Bonchev–Trinajstić information content (AvgIpc) is 2.36. The van der Waals surface area contributed by atoms with E-state index >= 15 is 0 Å². The minimum Gasteiger partial charge on any atom is -0.353 e. The van der Waals surface area contributed by atoms with Crippen LogP contribution in [0.3, 0.4) is 0 Å². The van der Waals surface area contributed by atoms with E-state index < -0.39 is 0 Å². The molecule has 0 N–H and O–H groups in total. The van der Waals surface area contributed by atoms with Gasteiger partial charge in [-0.25, -0.2) is 0 Å². The number of hydrogen-bond donors (Lipinski definition) is 0. The molecule has 0 bridgehead atoms. The quantitative estimate of drug-likeness (QED) is 0.707. The first-order valence-electron chi connectivity index (χ1n) is 6.92. The van der Waals surface area contributed by atoms with Crippen molar-refractivity contribution < 1.29 is 9.47 Å². The Morgan fingerprint density at radius 1 is 1.41 bits per heavy atom. The Morgan fingerprint density at radius 3 is 3.12 bits per heavy atom. The maximum Gasteiger partial charge on any atom is 0.157 e.